The number of hydrogen-bond acceptors (Lipinski definition) is 5. The highest BCUT2D eigenvalue weighted by Crippen LogP contribution is 2.28. The Morgan fingerprint density at radius 2 is 1.92 bits per heavy atom. The normalized spacial score (nSPS) is 10.7. The zero-order valence-corrected chi connectivity index (χ0v) is 14.2. The van der Waals surface area contributed by atoms with Crippen molar-refractivity contribution in [3.8, 4) is 11.8 Å². The molecular formula is C16H13ClN2O4S. The van der Waals surface area contributed by atoms with E-state index in [1.807, 2.05) is 6.07 Å². The lowest BCUT2D eigenvalue weighted by Crippen LogP contribution is -2.11. The Bertz CT molecular complexity index is 903. The van der Waals surface area contributed by atoms with E-state index in [0.29, 0.717) is 17.7 Å². The molecule has 1 amide bonds. The Kier molecular flexibility index (Phi) is 5.44. The molecule has 0 spiro atoms. The molecule has 0 aliphatic heterocycles. The van der Waals surface area contributed by atoms with E-state index in [4.69, 9.17) is 21.0 Å². The minimum atomic E-state index is -4.09. The number of rotatable bonds is 5. The van der Waals surface area contributed by atoms with Crippen LogP contribution in [0.1, 0.15) is 18.9 Å². The van der Waals surface area contributed by atoms with Crippen LogP contribution >= 0.6 is 11.6 Å². The molecule has 8 heteroatoms. The van der Waals surface area contributed by atoms with Crippen LogP contribution in [0.4, 0.5) is 5.69 Å². The van der Waals surface area contributed by atoms with Crippen molar-refractivity contribution in [1.82, 2.24) is 0 Å². The van der Waals surface area contributed by atoms with E-state index >= 15 is 0 Å². The maximum atomic E-state index is 12.3. The summed E-state index contributed by atoms with van der Waals surface area (Å²) in [5, 5.41) is 11.4. The fraction of sp³-hybridized carbons (Fsp3) is 0.125. The fourth-order valence-electron chi connectivity index (χ4n) is 1.76. The van der Waals surface area contributed by atoms with Gasteiger partial charge in [-0.3, -0.25) is 4.79 Å². The average molecular weight is 365 g/mol. The number of nitrogens with one attached hydrogen (secondary N) is 1. The zero-order valence-electron chi connectivity index (χ0n) is 12.6. The molecule has 1 N–H and O–H groups in total. The largest absolute Gasteiger partial charge is 0.377 e. The first kappa shape index (κ1) is 17.8. The maximum Gasteiger partial charge on any atom is 0.339 e. The number of nitriles is 1. The van der Waals surface area contributed by atoms with E-state index < -0.39 is 10.1 Å². The number of carbonyl (C=O) groups excluding carboxylic acids is 1. The van der Waals surface area contributed by atoms with Crippen molar-refractivity contribution in [3.05, 3.63) is 53.1 Å². The molecule has 2 aromatic carbocycles. The molecule has 0 unspecified atom stereocenters. The van der Waals surface area contributed by atoms with Crippen LogP contribution in [0.2, 0.25) is 5.02 Å². The van der Waals surface area contributed by atoms with E-state index in [1.165, 1.54) is 42.5 Å². The number of carbonyl (C=O) groups is 1. The van der Waals surface area contributed by atoms with Gasteiger partial charge in [0.2, 0.25) is 5.91 Å². The molecule has 124 valence electrons. The number of hydrogen-bond donors (Lipinski definition) is 1. The zero-order chi connectivity index (χ0) is 17.7. The molecular weight excluding hydrogens is 352 g/mol. The molecule has 0 aliphatic carbocycles. The van der Waals surface area contributed by atoms with Crippen LogP contribution in [0.3, 0.4) is 0 Å². The van der Waals surface area contributed by atoms with Gasteiger partial charge in [-0.05, 0) is 42.5 Å². The minimum Gasteiger partial charge on any atom is -0.377 e. The van der Waals surface area contributed by atoms with Gasteiger partial charge >= 0.3 is 10.1 Å². The Labute approximate surface area is 144 Å². The molecule has 0 radical (unpaired) electrons. The number of benzene rings is 2. The Morgan fingerprint density at radius 3 is 2.46 bits per heavy atom. The predicted molar refractivity (Wildman–Crippen MR) is 89.3 cm³/mol. The molecule has 0 saturated heterocycles. The van der Waals surface area contributed by atoms with Gasteiger partial charge in [-0.25, -0.2) is 0 Å². The summed E-state index contributed by atoms with van der Waals surface area (Å²) in [6.45, 7) is 1.71. The van der Waals surface area contributed by atoms with E-state index in [0.717, 1.165) is 0 Å². The molecule has 0 saturated carbocycles. The molecule has 0 bridgehead atoms. The van der Waals surface area contributed by atoms with E-state index in [2.05, 4.69) is 5.32 Å². The first-order valence-electron chi connectivity index (χ1n) is 6.90. The van der Waals surface area contributed by atoms with Gasteiger partial charge < -0.3 is 9.50 Å². The molecule has 0 fully saturated rings. The summed E-state index contributed by atoms with van der Waals surface area (Å²) in [5.74, 6) is -0.245. The summed E-state index contributed by atoms with van der Waals surface area (Å²) >= 11 is 5.91. The van der Waals surface area contributed by atoms with Gasteiger partial charge in [0, 0.05) is 12.1 Å². The van der Waals surface area contributed by atoms with Gasteiger partial charge in [-0.2, -0.15) is 13.7 Å². The van der Waals surface area contributed by atoms with Crippen molar-refractivity contribution in [3.63, 3.8) is 0 Å². The van der Waals surface area contributed by atoms with E-state index in [1.54, 1.807) is 6.92 Å². The van der Waals surface area contributed by atoms with Crippen LogP contribution in [0.25, 0.3) is 0 Å². The first-order chi connectivity index (χ1) is 11.4. The number of nitrogens with zero attached hydrogens (tertiary/aromatic N) is 1. The Balaban J connectivity index is 2.21. The van der Waals surface area contributed by atoms with Crippen LogP contribution < -0.4 is 9.50 Å². The highest BCUT2D eigenvalue weighted by Gasteiger charge is 2.18. The monoisotopic (exact) mass is 364 g/mol. The van der Waals surface area contributed by atoms with Gasteiger partial charge in [0.25, 0.3) is 0 Å². The average Bonchev–Trinajstić information content (AvgIpc) is 2.57. The lowest BCUT2D eigenvalue weighted by atomic mass is 10.2. The van der Waals surface area contributed by atoms with E-state index in [-0.39, 0.29) is 21.6 Å². The van der Waals surface area contributed by atoms with Crippen LogP contribution in [-0.2, 0) is 14.9 Å². The number of amides is 1. The summed E-state index contributed by atoms with van der Waals surface area (Å²) in [6.07, 6.45) is 0.320. The summed E-state index contributed by atoms with van der Waals surface area (Å²) in [4.78, 5) is 11.2. The van der Waals surface area contributed by atoms with Gasteiger partial charge in [-0.15, -0.1) is 0 Å². The van der Waals surface area contributed by atoms with Crippen molar-refractivity contribution in [2.75, 3.05) is 5.32 Å². The highest BCUT2D eigenvalue weighted by atomic mass is 35.5. The standard InChI is InChI=1S/C16H13ClN2O4S/c1-2-16(20)19-12-4-6-13(7-5-12)24(21,22)23-15-8-3-11(10-18)9-14(15)17/h3-9H,2H2,1H3,(H,19,20). The fourth-order valence-corrected chi connectivity index (χ4v) is 2.97. The quantitative estimate of drug-likeness (QED) is 0.821. The smallest absolute Gasteiger partial charge is 0.339 e. The summed E-state index contributed by atoms with van der Waals surface area (Å²) < 4.78 is 29.5. The van der Waals surface area contributed by atoms with Crippen LogP contribution in [0, 0.1) is 11.3 Å². The predicted octanol–water partition coefficient (Wildman–Crippen LogP) is 3.33. The third kappa shape index (κ3) is 4.25. The van der Waals surface area contributed by atoms with Crippen molar-refractivity contribution in [1.29, 1.82) is 5.26 Å². The Morgan fingerprint density at radius 1 is 1.25 bits per heavy atom. The SMILES string of the molecule is CCC(=O)Nc1ccc(S(=O)(=O)Oc2ccc(C#N)cc2Cl)cc1. The molecule has 24 heavy (non-hydrogen) atoms. The molecule has 0 aromatic heterocycles. The second kappa shape index (κ2) is 7.34. The van der Waals surface area contributed by atoms with Crippen molar-refractivity contribution >= 4 is 33.3 Å². The molecule has 0 aliphatic rings. The second-order valence-corrected chi connectivity index (χ2v) is 6.67. The van der Waals surface area contributed by atoms with Gasteiger partial charge in [0.15, 0.2) is 5.75 Å². The van der Waals surface area contributed by atoms with E-state index in [9.17, 15) is 13.2 Å². The van der Waals surface area contributed by atoms with Gasteiger partial charge in [0.05, 0.1) is 16.7 Å². The van der Waals surface area contributed by atoms with Crippen LogP contribution in [-0.4, -0.2) is 14.3 Å². The molecule has 2 rings (SSSR count). The van der Waals surface area contributed by atoms with Gasteiger partial charge in [-0.1, -0.05) is 18.5 Å². The summed E-state index contributed by atoms with van der Waals surface area (Å²) in [6, 6.07) is 11.5. The second-order valence-electron chi connectivity index (χ2n) is 4.72. The molecule has 6 nitrogen and oxygen atoms in total. The number of anilines is 1. The Hall–Kier alpha value is -2.56. The van der Waals surface area contributed by atoms with Crippen molar-refractivity contribution < 1.29 is 17.4 Å². The molecule has 0 atom stereocenters. The lowest BCUT2D eigenvalue weighted by Gasteiger charge is -2.09. The first-order valence-corrected chi connectivity index (χ1v) is 8.68. The molecule has 0 heterocycles. The van der Waals surface area contributed by atoms with Gasteiger partial charge in [0.1, 0.15) is 4.90 Å². The maximum absolute atomic E-state index is 12.3. The number of halogens is 1. The molecule has 2 aromatic rings. The highest BCUT2D eigenvalue weighted by molar-refractivity contribution is 7.87. The van der Waals surface area contributed by atoms with Crippen LogP contribution in [0.5, 0.6) is 5.75 Å². The minimum absolute atomic E-state index is 0.0180. The lowest BCUT2D eigenvalue weighted by molar-refractivity contribution is -0.115. The summed E-state index contributed by atoms with van der Waals surface area (Å²) in [7, 11) is -4.09. The van der Waals surface area contributed by atoms with Crippen LogP contribution in [0.15, 0.2) is 47.4 Å². The van der Waals surface area contributed by atoms with Crippen molar-refractivity contribution in [2.45, 2.75) is 18.2 Å². The summed E-state index contributed by atoms with van der Waals surface area (Å²) in [5.41, 5.74) is 0.776. The van der Waals surface area contributed by atoms with Crippen molar-refractivity contribution in [2.24, 2.45) is 0 Å². The third-order valence-electron chi connectivity index (χ3n) is 3.01. The topological polar surface area (TPSA) is 96.3 Å². The third-order valence-corrected chi connectivity index (χ3v) is 4.55.